The van der Waals surface area contributed by atoms with Gasteiger partial charge in [0.05, 0.1) is 0 Å². The Morgan fingerprint density at radius 3 is 1.97 bits per heavy atom. The second-order valence-corrected chi connectivity index (χ2v) is 7.38. The number of hydrogen-bond acceptors (Lipinski definition) is 4. The summed E-state index contributed by atoms with van der Waals surface area (Å²) < 4.78 is 5.29. The fraction of sp³-hybridized carbons (Fsp3) is 0.160. The van der Waals surface area contributed by atoms with E-state index in [-0.39, 0.29) is 18.9 Å². The summed E-state index contributed by atoms with van der Waals surface area (Å²) >= 11 is 0. The molecular formula is C25H21NO5. The van der Waals surface area contributed by atoms with Crippen LogP contribution in [0.2, 0.25) is 0 Å². The van der Waals surface area contributed by atoms with Gasteiger partial charge in [-0.25, -0.2) is 9.59 Å². The molecule has 0 spiro atoms. The molecule has 0 fully saturated rings. The van der Waals surface area contributed by atoms with Crippen molar-refractivity contribution in [3.8, 4) is 11.1 Å². The van der Waals surface area contributed by atoms with E-state index in [1.54, 1.807) is 24.3 Å². The summed E-state index contributed by atoms with van der Waals surface area (Å²) in [7, 11) is 0. The Morgan fingerprint density at radius 1 is 0.839 bits per heavy atom. The number of fused-ring (bicyclic) bond motifs is 3. The number of esters is 1. The number of hydrogen-bond donors (Lipinski definition) is 2. The first-order chi connectivity index (χ1) is 15.0. The maximum Gasteiger partial charge on any atom is 0.396 e. The van der Waals surface area contributed by atoms with Crippen molar-refractivity contribution in [3.05, 3.63) is 95.6 Å². The number of amides is 1. The normalized spacial score (nSPS) is 13.0. The highest BCUT2D eigenvalue weighted by atomic mass is 16.5. The number of aliphatic carboxylic acids is 1. The highest BCUT2D eigenvalue weighted by Gasteiger charge is 2.31. The van der Waals surface area contributed by atoms with E-state index < -0.39 is 23.9 Å². The van der Waals surface area contributed by atoms with Gasteiger partial charge in [-0.1, -0.05) is 78.9 Å². The molecule has 31 heavy (non-hydrogen) atoms. The minimum atomic E-state index is -1.23. The van der Waals surface area contributed by atoms with Crippen molar-refractivity contribution in [1.29, 1.82) is 0 Å². The van der Waals surface area contributed by atoms with E-state index in [1.807, 2.05) is 54.6 Å². The smallest absolute Gasteiger partial charge is 0.396 e. The standard InChI is InChI=1S/C25H21NO5/c27-23(26-22(24(28)29)14-16-8-2-1-3-9-16)25(30)31-15-21-19-12-6-4-10-17(19)18-11-5-7-13-20(18)21/h1-13,21-22H,14-15H2,(H,26,27)(H,28,29). The molecule has 6 heteroatoms. The molecule has 156 valence electrons. The summed E-state index contributed by atoms with van der Waals surface area (Å²) in [5.41, 5.74) is 4.96. The van der Waals surface area contributed by atoms with Gasteiger partial charge in [-0.05, 0) is 27.8 Å². The van der Waals surface area contributed by atoms with E-state index in [0.717, 1.165) is 27.8 Å². The molecule has 0 aromatic heterocycles. The zero-order valence-corrected chi connectivity index (χ0v) is 16.7. The van der Waals surface area contributed by atoms with Crippen molar-refractivity contribution in [1.82, 2.24) is 5.32 Å². The van der Waals surface area contributed by atoms with E-state index in [2.05, 4.69) is 5.32 Å². The van der Waals surface area contributed by atoms with Crippen LogP contribution in [0.15, 0.2) is 78.9 Å². The fourth-order valence-corrected chi connectivity index (χ4v) is 3.93. The first-order valence-electron chi connectivity index (χ1n) is 9.97. The summed E-state index contributed by atoms with van der Waals surface area (Å²) in [6.45, 7) is -0.00327. The lowest BCUT2D eigenvalue weighted by Crippen LogP contribution is -2.45. The minimum Gasteiger partial charge on any atom is -0.480 e. The average Bonchev–Trinajstić information content (AvgIpc) is 3.11. The molecule has 3 aromatic rings. The van der Waals surface area contributed by atoms with Gasteiger partial charge in [0.25, 0.3) is 0 Å². The molecule has 0 bridgehead atoms. The number of rotatable bonds is 6. The zero-order valence-electron chi connectivity index (χ0n) is 16.7. The Kier molecular flexibility index (Phi) is 5.80. The third kappa shape index (κ3) is 4.33. The minimum absolute atomic E-state index is 0.00327. The van der Waals surface area contributed by atoms with Crippen LogP contribution in [-0.4, -0.2) is 35.6 Å². The number of carboxylic acids is 1. The molecule has 0 saturated heterocycles. The second kappa shape index (κ2) is 8.83. The van der Waals surface area contributed by atoms with Gasteiger partial charge in [0, 0.05) is 12.3 Å². The van der Waals surface area contributed by atoms with Crippen molar-refractivity contribution in [2.75, 3.05) is 6.61 Å². The van der Waals surface area contributed by atoms with Gasteiger partial charge in [0.15, 0.2) is 0 Å². The van der Waals surface area contributed by atoms with Gasteiger partial charge in [-0.15, -0.1) is 0 Å². The van der Waals surface area contributed by atoms with Crippen molar-refractivity contribution in [2.24, 2.45) is 0 Å². The number of carbonyl (C=O) groups is 3. The topological polar surface area (TPSA) is 92.7 Å². The molecule has 3 aromatic carbocycles. The summed E-state index contributed by atoms with van der Waals surface area (Å²) in [5, 5.41) is 11.7. The summed E-state index contributed by atoms with van der Waals surface area (Å²) in [5.74, 6) is -3.56. The van der Waals surface area contributed by atoms with E-state index in [4.69, 9.17) is 4.74 Å². The van der Waals surface area contributed by atoms with Gasteiger partial charge < -0.3 is 15.2 Å². The number of nitrogens with one attached hydrogen (secondary N) is 1. The van der Waals surface area contributed by atoms with Crippen LogP contribution in [0.25, 0.3) is 11.1 Å². The maximum absolute atomic E-state index is 12.3. The van der Waals surface area contributed by atoms with Crippen LogP contribution in [0, 0.1) is 0 Å². The Bertz CT molecular complexity index is 1080. The van der Waals surface area contributed by atoms with Gasteiger partial charge in [0.2, 0.25) is 0 Å². The fourth-order valence-electron chi connectivity index (χ4n) is 3.93. The van der Waals surface area contributed by atoms with Gasteiger partial charge >= 0.3 is 17.8 Å². The van der Waals surface area contributed by atoms with Gasteiger partial charge in [0.1, 0.15) is 12.6 Å². The van der Waals surface area contributed by atoms with Crippen LogP contribution in [0.1, 0.15) is 22.6 Å². The van der Waals surface area contributed by atoms with E-state index in [9.17, 15) is 19.5 Å². The summed E-state index contributed by atoms with van der Waals surface area (Å²) in [6.07, 6.45) is 0.0680. The third-order valence-electron chi connectivity index (χ3n) is 5.42. The predicted octanol–water partition coefficient (Wildman–Crippen LogP) is 3.15. The lowest BCUT2D eigenvalue weighted by atomic mass is 9.98. The number of benzene rings is 3. The molecule has 1 atom stereocenters. The highest BCUT2D eigenvalue weighted by molar-refractivity contribution is 6.32. The van der Waals surface area contributed by atoms with Gasteiger partial charge in [-0.2, -0.15) is 0 Å². The predicted molar refractivity (Wildman–Crippen MR) is 114 cm³/mol. The monoisotopic (exact) mass is 415 g/mol. The van der Waals surface area contributed by atoms with Crippen LogP contribution in [0.3, 0.4) is 0 Å². The van der Waals surface area contributed by atoms with Crippen molar-refractivity contribution in [2.45, 2.75) is 18.4 Å². The Morgan fingerprint density at radius 2 is 1.39 bits per heavy atom. The van der Waals surface area contributed by atoms with E-state index in [0.29, 0.717) is 0 Å². The Labute approximate surface area is 179 Å². The van der Waals surface area contributed by atoms with Crippen LogP contribution in [-0.2, 0) is 25.5 Å². The molecular weight excluding hydrogens is 394 g/mol. The summed E-state index contributed by atoms with van der Waals surface area (Å²) in [4.78, 5) is 36.1. The molecule has 0 aliphatic heterocycles. The first kappa shape index (κ1) is 20.3. The number of carbonyl (C=O) groups excluding carboxylic acids is 2. The van der Waals surface area contributed by atoms with Crippen LogP contribution in [0.5, 0.6) is 0 Å². The molecule has 1 unspecified atom stereocenters. The molecule has 6 nitrogen and oxygen atoms in total. The summed E-state index contributed by atoms with van der Waals surface area (Å²) in [6, 6.07) is 23.4. The van der Waals surface area contributed by atoms with Crippen molar-refractivity contribution < 1.29 is 24.2 Å². The molecule has 1 aliphatic rings. The molecule has 0 saturated carbocycles. The van der Waals surface area contributed by atoms with Gasteiger partial charge in [-0.3, -0.25) is 4.79 Å². The molecule has 0 heterocycles. The van der Waals surface area contributed by atoms with Crippen LogP contribution in [0.4, 0.5) is 0 Å². The van der Waals surface area contributed by atoms with Crippen LogP contribution < -0.4 is 5.32 Å². The SMILES string of the molecule is O=C(NC(Cc1ccccc1)C(=O)O)C(=O)OCC1c2ccccc2-c2ccccc21. The van der Waals surface area contributed by atoms with Crippen molar-refractivity contribution >= 4 is 17.8 Å². The molecule has 4 rings (SSSR count). The highest BCUT2D eigenvalue weighted by Crippen LogP contribution is 2.44. The average molecular weight is 415 g/mol. The third-order valence-corrected chi connectivity index (χ3v) is 5.42. The number of ether oxygens (including phenoxy) is 1. The lowest BCUT2D eigenvalue weighted by molar-refractivity contribution is -0.156. The molecule has 1 amide bonds. The molecule has 2 N–H and O–H groups in total. The van der Waals surface area contributed by atoms with E-state index in [1.165, 1.54) is 0 Å². The first-order valence-corrected chi connectivity index (χ1v) is 9.97. The largest absolute Gasteiger partial charge is 0.480 e. The Hall–Kier alpha value is -3.93. The zero-order chi connectivity index (χ0) is 21.8. The Balaban J connectivity index is 1.41. The second-order valence-electron chi connectivity index (χ2n) is 7.38. The van der Waals surface area contributed by atoms with E-state index >= 15 is 0 Å². The number of carboxylic acid groups (broad SMARTS) is 1. The van der Waals surface area contributed by atoms with Crippen LogP contribution >= 0.6 is 0 Å². The molecule has 1 aliphatic carbocycles. The lowest BCUT2D eigenvalue weighted by Gasteiger charge is -2.16. The quantitative estimate of drug-likeness (QED) is 0.477. The maximum atomic E-state index is 12.3. The molecule has 0 radical (unpaired) electrons. The van der Waals surface area contributed by atoms with Crippen molar-refractivity contribution in [3.63, 3.8) is 0 Å².